The van der Waals surface area contributed by atoms with Crippen LogP contribution in [0.4, 0.5) is 0 Å². The van der Waals surface area contributed by atoms with Crippen molar-refractivity contribution >= 4 is 5.91 Å². The highest BCUT2D eigenvalue weighted by Gasteiger charge is 2.25. The van der Waals surface area contributed by atoms with Gasteiger partial charge in [-0.05, 0) is 30.4 Å². The summed E-state index contributed by atoms with van der Waals surface area (Å²) in [5.74, 6) is 0.834. The SMILES string of the molecule is CCC(C)C(C(=O)NCC(C)CCN)c1ccccc1. The van der Waals surface area contributed by atoms with Gasteiger partial charge in [-0.15, -0.1) is 0 Å². The number of amides is 1. The van der Waals surface area contributed by atoms with Crippen molar-refractivity contribution in [3.63, 3.8) is 0 Å². The summed E-state index contributed by atoms with van der Waals surface area (Å²) in [6, 6.07) is 10.1. The minimum absolute atomic E-state index is 0.0636. The molecule has 0 heterocycles. The van der Waals surface area contributed by atoms with Crippen LogP contribution in [0.3, 0.4) is 0 Å². The molecule has 1 aromatic rings. The standard InChI is InChI=1S/C17H28N2O/c1-4-14(3)16(15-8-6-5-7-9-15)17(20)19-12-13(2)10-11-18/h5-9,13-14,16H,4,10-12,18H2,1-3H3,(H,19,20). The van der Waals surface area contributed by atoms with Gasteiger partial charge in [0.15, 0.2) is 0 Å². The Morgan fingerprint density at radius 3 is 2.45 bits per heavy atom. The molecule has 112 valence electrons. The Hall–Kier alpha value is -1.35. The zero-order chi connectivity index (χ0) is 15.0. The number of nitrogens with two attached hydrogens (primary N) is 1. The van der Waals surface area contributed by atoms with E-state index in [1.165, 1.54) is 0 Å². The van der Waals surface area contributed by atoms with E-state index >= 15 is 0 Å². The maximum Gasteiger partial charge on any atom is 0.227 e. The van der Waals surface area contributed by atoms with Crippen LogP contribution in [0.1, 0.15) is 45.1 Å². The van der Waals surface area contributed by atoms with Crippen LogP contribution in [-0.2, 0) is 4.79 Å². The van der Waals surface area contributed by atoms with Crippen LogP contribution in [-0.4, -0.2) is 19.0 Å². The van der Waals surface area contributed by atoms with Gasteiger partial charge in [-0.3, -0.25) is 4.79 Å². The van der Waals surface area contributed by atoms with Crippen molar-refractivity contribution in [1.29, 1.82) is 0 Å². The highest BCUT2D eigenvalue weighted by molar-refractivity contribution is 5.83. The zero-order valence-electron chi connectivity index (χ0n) is 12.9. The second-order valence-corrected chi connectivity index (χ2v) is 5.70. The normalized spacial score (nSPS) is 15.4. The molecule has 0 saturated carbocycles. The molecule has 1 aromatic carbocycles. The van der Waals surface area contributed by atoms with Gasteiger partial charge in [0.25, 0.3) is 0 Å². The summed E-state index contributed by atoms with van der Waals surface area (Å²) in [4.78, 5) is 12.5. The van der Waals surface area contributed by atoms with Gasteiger partial charge in [0.2, 0.25) is 5.91 Å². The minimum atomic E-state index is -0.0636. The first-order valence-electron chi connectivity index (χ1n) is 7.62. The quantitative estimate of drug-likeness (QED) is 0.767. The Morgan fingerprint density at radius 2 is 1.90 bits per heavy atom. The van der Waals surface area contributed by atoms with Crippen LogP contribution in [0.5, 0.6) is 0 Å². The lowest BCUT2D eigenvalue weighted by atomic mass is 9.85. The minimum Gasteiger partial charge on any atom is -0.355 e. The number of nitrogens with one attached hydrogen (secondary N) is 1. The number of carbonyl (C=O) groups excluding carboxylic acids is 1. The van der Waals surface area contributed by atoms with E-state index in [1.807, 2.05) is 30.3 Å². The lowest BCUT2D eigenvalue weighted by Crippen LogP contribution is -2.35. The monoisotopic (exact) mass is 276 g/mol. The third kappa shape index (κ3) is 4.97. The molecular weight excluding hydrogens is 248 g/mol. The average Bonchev–Trinajstić information content (AvgIpc) is 2.46. The van der Waals surface area contributed by atoms with Crippen LogP contribution < -0.4 is 11.1 Å². The molecule has 0 aliphatic carbocycles. The fourth-order valence-corrected chi connectivity index (χ4v) is 2.41. The Bertz CT molecular complexity index is 391. The molecule has 3 heteroatoms. The van der Waals surface area contributed by atoms with Crippen LogP contribution in [0.15, 0.2) is 30.3 Å². The van der Waals surface area contributed by atoms with E-state index in [2.05, 4.69) is 26.1 Å². The molecule has 1 rings (SSSR count). The zero-order valence-corrected chi connectivity index (χ0v) is 12.9. The largest absolute Gasteiger partial charge is 0.355 e. The fraction of sp³-hybridized carbons (Fsp3) is 0.588. The molecule has 0 bridgehead atoms. The summed E-state index contributed by atoms with van der Waals surface area (Å²) < 4.78 is 0. The third-order valence-electron chi connectivity index (χ3n) is 3.94. The topological polar surface area (TPSA) is 55.1 Å². The number of hydrogen-bond acceptors (Lipinski definition) is 2. The van der Waals surface area contributed by atoms with Crippen molar-refractivity contribution < 1.29 is 4.79 Å². The van der Waals surface area contributed by atoms with E-state index < -0.39 is 0 Å². The number of benzene rings is 1. The fourth-order valence-electron chi connectivity index (χ4n) is 2.41. The van der Waals surface area contributed by atoms with Gasteiger partial charge >= 0.3 is 0 Å². The van der Waals surface area contributed by atoms with E-state index in [1.54, 1.807) is 0 Å². The lowest BCUT2D eigenvalue weighted by molar-refractivity contribution is -0.123. The molecule has 0 spiro atoms. The summed E-state index contributed by atoms with van der Waals surface area (Å²) >= 11 is 0. The highest BCUT2D eigenvalue weighted by atomic mass is 16.1. The molecule has 0 aliphatic rings. The average molecular weight is 276 g/mol. The number of carbonyl (C=O) groups is 1. The number of rotatable bonds is 8. The Morgan fingerprint density at radius 1 is 1.25 bits per heavy atom. The smallest absolute Gasteiger partial charge is 0.227 e. The predicted octanol–water partition coefficient (Wildman–Crippen LogP) is 2.92. The maximum atomic E-state index is 12.5. The van der Waals surface area contributed by atoms with Crippen LogP contribution in [0.25, 0.3) is 0 Å². The molecule has 20 heavy (non-hydrogen) atoms. The summed E-state index contributed by atoms with van der Waals surface area (Å²) in [5, 5.41) is 3.09. The summed E-state index contributed by atoms with van der Waals surface area (Å²) in [7, 11) is 0. The van der Waals surface area contributed by atoms with E-state index in [0.717, 1.165) is 18.4 Å². The van der Waals surface area contributed by atoms with Crippen molar-refractivity contribution in [2.45, 2.75) is 39.5 Å². The van der Waals surface area contributed by atoms with Crippen LogP contribution >= 0.6 is 0 Å². The molecule has 0 fully saturated rings. The van der Waals surface area contributed by atoms with Gasteiger partial charge in [0, 0.05) is 6.54 Å². The molecule has 3 atom stereocenters. The molecule has 0 aliphatic heterocycles. The maximum absolute atomic E-state index is 12.5. The molecule has 3 N–H and O–H groups in total. The molecule has 0 aromatic heterocycles. The van der Waals surface area contributed by atoms with E-state index in [9.17, 15) is 4.79 Å². The molecule has 0 radical (unpaired) electrons. The Balaban J connectivity index is 2.71. The summed E-state index contributed by atoms with van der Waals surface area (Å²) in [5.41, 5.74) is 6.65. The predicted molar refractivity (Wildman–Crippen MR) is 84.5 cm³/mol. The van der Waals surface area contributed by atoms with Gasteiger partial charge in [0.05, 0.1) is 5.92 Å². The molecule has 3 unspecified atom stereocenters. The van der Waals surface area contributed by atoms with Crippen molar-refractivity contribution in [1.82, 2.24) is 5.32 Å². The Labute approximate surface area is 122 Å². The van der Waals surface area contributed by atoms with E-state index in [0.29, 0.717) is 24.9 Å². The first-order chi connectivity index (χ1) is 9.60. The van der Waals surface area contributed by atoms with Crippen LogP contribution in [0.2, 0.25) is 0 Å². The van der Waals surface area contributed by atoms with Crippen molar-refractivity contribution in [3.8, 4) is 0 Å². The van der Waals surface area contributed by atoms with Gasteiger partial charge in [0.1, 0.15) is 0 Å². The van der Waals surface area contributed by atoms with Crippen LogP contribution in [0, 0.1) is 11.8 Å². The van der Waals surface area contributed by atoms with Gasteiger partial charge in [-0.25, -0.2) is 0 Å². The Kier molecular flexibility index (Phi) is 7.31. The first kappa shape index (κ1) is 16.7. The van der Waals surface area contributed by atoms with E-state index in [-0.39, 0.29) is 11.8 Å². The molecule has 1 amide bonds. The molecule has 0 saturated heterocycles. The number of hydrogen-bond donors (Lipinski definition) is 2. The summed E-state index contributed by atoms with van der Waals surface area (Å²) in [6.07, 6.45) is 1.94. The molecular formula is C17H28N2O. The summed E-state index contributed by atoms with van der Waals surface area (Å²) in [6.45, 7) is 7.76. The van der Waals surface area contributed by atoms with Crippen molar-refractivity contribution in [3.05, 3.63) is 35.9 Å². The second kappa shape index (κ2) is 8.75. The molecule has 3 nitrogen and oxygen atoms in total. The van der Waals surface area contributed by atoms with Gasteiger partial charge < -0.3 is 11.1 Å². The van der Waals surface area contributed by atoms with Crippen molar-refractivity contribution in [2.24, 2.45) is 17.6 Å². The van der Waals surface area contributed by atoms with Gasteiger partial charge in [-0.2, -0.15) is 0 Å². The first-order valence-corrected chi connectivity index (χ1v) is 7.62. The van der Waals surface area contributed by atoms with E-state index in [4.69, 9.17) is 5.73 Å². The highest BCUT2D eigenvalue weighted by Crippen LogP contribution is 2.27. The lowest BCUT2D eigenvalue weighted by Gasteiger charge is -2.23. The third-order valence-corrected chi connectivity index (χ3v) is 3.94. The van der Waals surface area contributed by atoms with Gasteiger partial charge in [-0.1, -0.05) is 57.5 Å². The second-order valence-electron chi connectivity index (χ2n) is 5.70. The van der Waals surface area contributed by atoms with Crippen molar-refractivity contribution in [2.75, 3.05) is 13.1 Å².